The van der Waals surface area contributed by atoms with Crippen molar-refractivity contribution in [3.8, 4) is 0 Å². The average Bonchev–Trinajstić information content (AvgIpc) is 2.64. The second kappa shape index (κ2) is 7.26. The lowest BCUT2D eigenvalue weighted by molar-refractivity contribution is -0.147. The van der Waals surface area contributed by atoms with Crippen LogP contribution in [0.5, 0.6) is 0 Å². The fraction of sp³-hybridized carbons (Fsp3) is 0.429. The molecule has 1 unspecified atom stereocenters. The summed E-state index contributed by atoms with van der Waals surface area (Å²) >= 11 is 0. The molecule has 0 radical (unpaired) electrons. The number of carbonyl (C=O) groups is 1. The average molecular weight is 338 g/mol. The molecule has 132 valence electrons. The summed E-state index contributed by atoms with van der Waals surface area (Å²) in [5, 5.41) is 9.76. The Morgan fingerprint density at radius 1 is 1.04 bits per heavy atom. The van der Waals surface area contributed by atoms with Gasteiger partial charge in [-0.3, -0.25) is 4.79 Å². The molecule has 0 saturated carbocycles. The smallest absolute Gasteiger partial charge is 0.310 e. The topological polar surface area (TPSA) is 53.4 Å². The van der Waals surface area contributed by atoms with Gasteiger partial charge in [-0.1, -0.05) is 36.4 Å². The molecule has 0 spiro atoms. The standard InChI is InChI=1S/C21H26N2O2/c1-21(2,20(24)25)19(16-9-5-3-6-10-16)17-11-12-18(22-15-17)23-13-7-4-8-14-23/h3,5-6,9-12,15,19H,4,7-8,13-14H2,1-2H3,(H,24,25). The third kappa shape index (κ3) is 3.68. The zero-order chi connectivity index (χ0) is 17.9. The molecule has 0 amide bonds. The number of pyridine rings is 1. The Morgan fingerprint density at radius 3 is 2.28 bits per heavy atom. The number of nitrogens with zero attached hydrogens (tertiary/aromatic N) is 2. The molecule has 1 aliphatic heterocycles. The summed E-state index contributed by atoms with van der Waals surface area (Å²) < 4.78 is 0. The molecule has 2 heterocycles. The van der Waals surface area contributed by atoms with Crippen LogP contribution in [0.2, 0.25) is 0 Å². The van der Waals surface area contributed by atoms with Gasteiger partial charge in [-0.25, -0.2) is 4.98 Å². The Morgan fingerprint density at radius 2 is 1.72 bits per heavy atom. The zero-order valence-corrected chi connectivity index (χ0v) is 15.0. The fourth-order valence-corrected chi connectivity index (χ4v) is 3.67. The lowest BCUT2D eigenvalue weighted by Gasteiger charge is -2.32. The van der Waals surface area contributed by atoms with E-state index in [1.807, 2.05) is 48.7 Å². The first-order chi connectivity index (χ1) is 12.0. The number of carboxylic acid groups (broad SMARTS) is 1. The Balaban J connectivity index is 1.95. The monoisotopic (exact) mass is 338 g/mol. The van der Waals surface area contributed by atoms with Gasteiger partial charge in [0.05, 0.1) is 5.41 Å². The van der Waals surface area contributed by atoms with E-state index in [-0.39, 0.29) is 5.92 Å². The summed E-state index contributed by atoms with van der Waals surface area (Å²) in [6.45, 7) is 5.67. The largest absolute Gasteiger partial charge is 0.481 e. The van der Waals surface area contributed by atoms with Crippen molar-refractivity contribution in [2.45, 2.75) is 39.0 Å². The van der Waals surface area contributed by atoms with Gasteiger partial charge in [-0.15, -0.1) is 0 Å². The van der Waals surface area contributed by atoms with Gasteiger partial charge < -0.3 is 10.0 Å². The number of rotatable bonds is 5. The van der Waals surface area contributed by atoms with Gasteiger partial charge in [-0.05, 0) is 50.3 Å². The van der Waals surface area contributed by atoms with E-state index >= 15 is 0 Å². The molecular weight excluding hydrogens is 312 g/mol. The molecule has 0 bridgehead atoms. The number of hydrogen-bond acceptors (Lipinski definition) is 3. The van der Waals surface area contributed by atoms with Gasteiger partial charge in [-0.2, -0.15) is 0 Å². The maximum atomic E-state index is 11.9. The number of benzene rings is 1. The molecule has 3 rings (SSSR count). The lowest BCUT2D eigenvalue weighted by atomic mass is 9.71. The number of aliphatic carboxylic acids is 1. The van der Waals surface area contributed by atoms with Gasteiger partial charge in [0, 0.05) is 25.2 Å². The van der Waals surface area contributed by atoms with Gasteiger partial charge in [0.15, 0.2) is 0 Å². The highest BCUT2D eigenvalue weighted by Gasteiger charge is 2.39. The third-order valence-electron chi connectivity index (χ3n) is 5.19. The van der Waals surface area contributed by atoms with Crippen molar-refractivity contribution < 1.29 is 9.90 Å². The van der Waals surface area contributed by atoms with E-state index in [0.29, 0.717) is 0 Å². The molecule has 4 heteroatoms. The first kappa shape index (κ1) is 17.5. The van der Waals surface area contributed by atoms with E-state index in [1.54, 1.807) is 13.8 Å². The van der Waals surface area contributed by atoms with Crippen molar-refractivity contribution in [3.05, 3.63) is 59.8 Å². The Labute approximate surface area is 149 Å². The van der Waals surface area contributed by atoms with Crippen LogP contribution in [0.15, 0.2) is 48.7 Å². The van der Waals surface area contributed by atoms with E-state index in [4.69, 9.17) is 0 Å². The Hall–Kier alpha value is -2.36. The van der Waals surface area contributed by atoms with E-state index in [1.165, 1.54) is 19.3 Å². The molecule has 1 aromatic carbocycles. The van der Waals surface area contributed by atoms with Crippen LogP contribution in [0, 0.1) is 5.41 Å². The SMILES string of the molecule is CC(C)(C(=O)O)C(c1ccccc1)c1ccc(N2CCCCC2)nc1. The maximum Gasteiger partial charge on any atom is 0.310 e. The van der Waals surface area contributed by atoms with Crippen molar-refractivity contribution in [2.24, 2.45) is 5.41 Å². The molecule has 0 aliphatic carbocycles. The van der Waals surface area contributed by atoms with E-state index in [0.717, 1.165) is 30.0 Å². The fourth-order valence-electron chi connectivity index (χ4n) is 3.67. The molecule has 25 heavy (non-hydrogen) atoms. The van der Waals surface area contributed by atoms with Gasteiger partial charge >= 0.3 is 5.97 Å². The summed E-state index contributed by atoms with van der Waals surface area (Å²) in [6, 6.07) is 13.9. The number of aromatic nitrogens is 1. The van der Waals surface area contributed by atoms with Crippen LogP contribution in [0.3, 0.4) is 0 Å². The van der Waals surface area contributed by atoms with Gasteiger partial charge in [0.2, 0.25) is 0 Å². The van der Waals surface area contributed by atoms with E-state index < -0.39 is 11.4 Å². The summed E-state index contributed by atoms with van der Waals surface area (Å²) in [5.74, 6) is -0.0565. The number of anilines is 1. The highest BCUT2D eigenvalue weighted by atomic mass is 16.4. The molecule has 1 N–H and O–H groups in total. The van der Waals surface area contributed by atoms with Crippen LogP contribution in [0.1, 0.15) is 50.2 Å². The van der Waals surface area contributed by atoms with E-state index in [2.05, 4.69) is 9.88 Å². The number of carboxylic acids is 1. The second-order valence-electron chi connectivity index (χ2n) is 7.37. The van der Waals surface area contributed by atoms with E-state index in [9.17, 15) is 9.90 Å². The van der Waals surface area contributed by atoms with Crippen molar-refractivity contribution in [1.82, 2.24) is 4.98 Å². The molecule has 1 saturated heterocycles. The predicted molar refractivity (Wildman–Crippen MR) is 100 cm³/mol. The minimum Gasteiger partial charge on any atom is -0.481 e. The molecule has 2 aromatic rings. The highest BCUT2D eigenvalue weighted by molar-refractivity contribution is 5.76. The molecule has 1 aromatic heterocycles. The molecule has 1 aliphatic rings. The van der Waals surface area contributed by atoms with Crippen LogP contribution in [-0.4, -0.2) is 29.1 Å². The first-order valence-electron chi connectivity index (χ1n) is 8.99. The molecular formula is C21H26N2O2. The van der Waals surface area contributed by atoms with Crippen molar-refractivity contribution in [2.75, 3.05) is 18.0 Å². The Bertz CT molecular complexity index is 704. The van der Waals surface area contributed by atoms with Crippen LogP contribution in [-0.2, 0) is 4.79 Å². The minimum atomic E-state index is -0.921. The quantitative estimate of drug-likeness (QED) is 0.882. The maximum absolute atomic E-state index is 11.9. The van der Waals surface area contributed by atoms with Crippen molar-refractivity contribution in [1.29, 1.82) is 0 Å². The zero-order valence-electron chi connectivity index (χ0n) is 15.0. The van der Waals surface area contributed by atoms with Crippen LogP contribution in [0.4, 0.5) is 5.82 Å². The number of piperidine rings is 1. The third-order valence-corrected chi connectivity index (χ3v) is 5.19. The summed E-state index contributed by atoms with van der Waals surface area (Å²) in [4.78, 5) is 18.9. The highest BCUT2D eigenvalue weighted by Crippen LogP contribution is 2.41. The second-order valence-corrected chi connectivity index (χ2v) is 7.37. The predicted octanol–water partition coefficient (Wildman–Crippen LogP) is 4.31. The summed E-state index contributed by atoms with van der Waals surface area (Å²) in [6.07, 6.45) is 5.56. The van der Waals surface area contributed by atoms with Gasteiger partial charge in [0.25, 0.3) is 0 Å². The van der Waals surface area contributed by atoms with Crippen molar-refractivity contribution in [3.63, 3.8) is 0 Å². The van der Waals surface area contributed by atoms with Crippen molar-refractivity contribution >= 4 is 11.8 Å². The summed E-state index contributed by atoms with van der Waals surface area (Å²) in [7, 11) is 0. The van der Waals surface area contributed by atoms with Crippen LogP contribution < -0.4 is 4.90 Å². The molecule has 4 nitrogen and oxygen atoms in total. The first-order valence-corrected chi connectivity index (χ1v) is 8.99. The molecule has 1 atom stereocenters. The lowest BCUT2D eigenvalue weighted by Crippen LogP contribution is -2.32. The Kier molecular flexibility index (Phi) is 5.07. The van der Waals surface area contributed by atoms with Crippen LogP contribution in [0.25, 0.3) is 0 Å². The normalized spacial score (nSPS) is 16.5. The number of hydrogen-bond donors (Lipinski definition) is 1. The van der Waals surface area contributed by atoms with Gasteiger partial charge in [0.1, 0.15) is 5.82 Å². The minimum absolute atomic E-state index is 0.242. The molecule has 1 fully saturated rings. The van der Waals surface area contributed by atoms with Crippen LogP contribution >= 0.6 is 0 Å². The summed E-state index contributed by atoms with van der Waals surface area (Å²) in [5.41, 5.74) is 1.03.